The topological polar surface area (TPSA) is 72.3 Å². The van der Waals surface area contributed by atoms with E-state index in [-0.39, 0.29) is 12.5 Å². The highest BCUT2D eigenvalue weighted by Crippen LogP contribution is 2.31. The van der Waals surface area contributed by atoms with Gasteiger partial charge < -0.3 is 15.0 Å². The molecule has 4 rings (SSSR count). The van der Waals surface area contributed by atoms with Crippen molar-refractivity contribution < 1.29 is 9.53 Å². The Balaban J connectivity index is 1.45. The number of aryl methyl sites for hydroxylation is 1. The first-order valence-corrected chi connectivity index (χ1v) is 10.4. The second kappa shape index (κ2) is 8.54. The molecular formula is C22H23N5O2S. The molecule has 1 N–H and O–H groups in total. The average molecular weight is 422 g/mol. The number of amides is 1. The SMILES string of the molecule is COc1cccc(CNC(=O)CN(C)c2nc3c(s2)c(C)nn3-c2ccccc2)c1. The molecule has 2 aromatic heterocycles. The van der Waals surface area contributed by atoms with Crippen LogP contribution in [0.3, 0.4) is 0 Å². The number of para-hydroxylation sites is 1. The molecule has 0 aliphatic heterocycles. The minimum absolute atomic E-state index is 0.0685. The quantitative estimate of drug-likeness (QED) is 0.494. The van der Waals surface area contributed by atoms with Gasteiger partial charge in [-0.3, -0.25) is 4.79 Å². The van der Waals surface area contributed by atoms with Crippen molar-refractivity contribution in [1.82, 2.24) is 20.1 Å². The largest absolute Gasteiger partial charge is 0.497 e. The van der Waals surface area contributed by atoms with Crippen molar-refractivity contribution in [1.29, 1.82) is 0 Å². The number of methoxy groups -OCH3 is 1. The van der Waals surface area contributed by atoms with E-state index in [1.54, 1.807) is 18.4 Å². The molecule has 0 radical (unpaired) electrons. The number of hydrogen-bond acceptors (Lipinski definition) is 6. The molecule has 8 heteroatoms. The second-order valence-corrected chi connectivity index (χ2v) is 7.94. The third kappa shape index (κ3) is 4.13. The van der Waals surface area contributed by atoms with E-state index in [0.29, 0.717) is 6.54 Å². The molecule has 0 unspecified atom stereocenters. The highest BCUT2D eigenvalue weighted by atomic mass is 32.1. The van der Waals surface area contributed by atoms with E-state index in [4.69, 9.17) is 9.72 Å². The van der Waals surface area contributed by atoms with Crippen LogP contribution in [0.15, 0.2) is 54.6 Å². The Labute approximate surface area is 178 Å². The number of carbonyl (C=O) groups excluding carboxylic acids is 1. The zero-order valence-electron chi connectivity index (χ0n) is 17.1. The third-order valence-electron chi connectivity index (χ3n) is 4.71. The molecular weight excluding hydrogens is 398 g/mol. The maximum atomic E-state index is 12.4. The minimum atomic E-state index is -0.0685. The summed E-state index contributed by atoms with van der Waals surface area (Å²) in [5.74, 6) is 0.706. The lowest BCUT2D eigenvalue weighted by atomic mass is 10.2. The number of aromatic nitrogens is 3. The van der Waals surface area contributed by atoms with Crippen LogP contribution in [0.1, 0.15) is 11.3 Å². The molecule has 30 heavy (non-hydrogen) atoms. The molecule has 7 nitrogen and oxygen atoms in total. The predicted molar refractivity (Wildman–Crippen MR) is 120 cm³/mol. The molecule has 0 saturated heterocycles. The van der Waals surface area contributed by atoms with Crippen LogP contribution in [-0.4, -0.2) is 41.4 Å². The lowest BCUT2D eigenvalue weighted by Crippen LogP contribution is -2.34. The van der Waals surface area contributed by atoms with E-state index < -0.39 is 0 Å². The molecule has 2 aromatic carbocycles. The van der Waals surface area contributed by atoms with Gasteiger partial charge in [-0.15, -0.1) is 0 Å². The average Bonchev–Trinajstić information content (AvgIpc) is 3.34. The fraction of sp³-hybridized carbons (Fsp3) is 0.227. The van der Waals surface area contributed by atoms with Crippen LogP contribution in [0.2, 0.25) is 0 Å². The van der Waals surface area contributed by atoms with E-state index >= 15 is 0 Å². The van der Waals surface area contributed by atoms with Crippen LogP contribution in [-0.2, 0) is 11.3 Å². The van der Waals surface area contributed by atoms with E-state index in [1.807, 2.05) is 78.2 Å². The van der Waals surface area contributed by atoms with Crippen LogP contribution < -0.4 is 15.0 Å². The van der Waals surface area contributed by atoms with Gasteiger partial charge in [0.05, 0.1) is 29.7 Å². The van der Waals surface area contributed by atoms with Gasteiger partial charge in [0.15, 0.2) is 10.8 Å². The van der Waals surface area contributed by atoms with Crippen molar-refractivity contribution in [3.05, 3.63) is 65.9 Å². The number of benzene rings is 2. The normalized spacial score (nSPS) is 10.9. The van der Waals surface area contributed by atoms with Crippen LogP contribution in [0.4, 0.5) is 5.13 Å². The lowest BCUT2D eigenvalue weighted by Gasteiger charge is -2.15. The molecule has 0 bridgehead atoms. The number of carbonyl (C=O) groups is 1. The molecule has 0 spiro atoms. The maximum absolute atomic E-state index is 12.4. The van der Waals surface area contributed by atoms with Gasteiger partial charge in [-0.1, -0.05) is 41.7 Å². The summed E-state index contributed by atoms with van der Waals surface area (Å²) in [6, 6.07) is 17.6. The van der Waals surface area contributed by atoms with Crippen molar-refractivity contribution in [2.75, 3.05) is 25.6 Å². The number of rotatable bonds is 7. The molecule has 2 heterocycles. The van der Waals surface area contributed by atoms with Crippen molar-refractivity contribution in [3.63, 3.8) is 0 Å². The van der Waals surface area contributed by atoms with Crippen LogP contribution in [0.25, 0.3) is 16.0 Å². The fourth-order valence-electron chi connectivity index (χ4n) is 3.16. The molecule has 0 fully saturated rings. The van der Waals surface area contributed by atoms with Gasteiger partial charge in [0.1, 0.15) is 5.75 Å². The van der Waals surface area contributed by atoms with Gasteiger partial charge in [0.25, 0.3) is 0 Å². The van der Waals surface area contributed by atoms with E-state index in [1.165, 1.54) is 0 Å². The van der Waals surface area contributed by atoms with E-state index in [9.17, 15) is 4.79 Å². The number of hydrogen-bond donors (Lipinski definition) is 1. The Bertz CT molecular complexity index is 1170. The number of ether oxygens (including phenoxy) is 1. The summed E-state index contributed by atoms with van der Waals surface area (Å²) >= 11 is 1.54. The van der Waals surface area contributed by atoms with Crippen LogP contribution >= 0.6 is 11.3 Å². The van der Waals surface area contributed by atoms with Crippen LogP contribution in [0, 0.1) is 6.92 Å². The molecule has 0 atom stereocenters. The third-order valence-corrected chi connectivity index (χ3v) is 5.98. The number of thiazole rings is 1. The fourth-order valence-corrected chi connectivity index (χ4v) is 4.10. The Morgan fingerprint density at radius 3 is 2.77 bits per heavy atom. The minimum Gasteiger partial charge on any atom is -0.497 e. The highest BCUT2D eigenvalue weighted by Gasteiger charge is 2.18. The smallest absolute Gasteiger partial charge is 0.239 e. The van der Waals surface area contributed by atoms with Crippen molar-refractivity contribution in [3.8, 4) is 11.4 Å². The van der Waals surface area contributed by atoms with Gasteiger partial charge in [0.2, 0.25) is 5.91 Å². The van der Waals surface area contributed by atoms with E-state index in [2.05, 4.69) is 10.4 Å². The van der Waals surface area contributed by atoms with Crippen molar-refractivity contribution >= 4 is 32.7 Å². The number of fused-ring (bicyclic) bond motifs is 1. The maximum Gasteiger partial charge on any atom is 0.239 e. The summed E-state index contributed by atoms with van der Waals surface area (Å²) in [7, 11) is 3.50. The molecule has 0 saturated carbocycles. The Hall–Kier alpha value is -3.39. The Morgan fingerprint density at radius 1 is 1.20 bits per heavy atom. The summed E-state index contributed by atoms with van der Waals surface area (Å²) < 4.78 is 8.10. The molecule has 0 aliphatic rings. The van der Waals surface area contributed by atoms with E-state index in [0.717, 1.165) is 38.2 Å². The van der Waals surface area contributed by atoms with Gasteiger partial charge in [0, 0.05) is 13.6 Å². The Kier molecular flexibility index (Phi) is 5.67. The standard InChI is InChI=1S/C22H23N5O2S/c1-15-20-21(27(25-15)17-9-5-4-6-10-17)24-22(30-20)26(2)14-19(28)23-13-16-8-7-11-18(12-16)29-3/h4-12H,13-14H2,1-3H3,(H,23,28). The summed E-state index contributed by atoms with van der Waals surface area (Å²) in [4.78, 5) is 19.1. The van der Waals surface area contributed by atoms with Gasteiger partial charge in [-0.2, -0.15) is 10.1 Å². The zero-order chi connectivity index (χ0) is 21.1. The molecule has 1 amide bonds. The highest BCUT2D eigenvalue weighted by molar-refractivity contribution is 7.22. The second-order valence-electron chi connectivity index (χ2n) is 6.97. The van der Waals surface area contributed by atoms with Crippen LogP contribution in [0.5, 0.6) is 5.75 Å². The summed E-state index contributed by atoms with van der Waals surface area (Å²) in [5, 5.41) is 8.35. The van der Waals surface area contributed by atoms with Crippen molar-refractivity contribution in [2.45, 2.75) is 13.5 Å². The van der Waals surface area contributed by atoms with Gasteiger partial charge in [-0.05, 0) is 36.8 Å². The molecule has 0 aliphatic carbocycles. The number of nitrogens with zero attached hydrogens (tertiary/aromatic N) is 4. The number of nitrogens with one attached hydrogen (secondary N) is 1. The van der Waals surface area contributed by atoms with Crippen molar-refractivity contribution in [2.24, 2.45) is 0 Å². The van der Waals surface area contributed by atoms with Gasteiger partial charge >= 0.3 is 0 Å². The van der Waals surface area contributed by atoms with Gasteiger partial charge in [-0.25, -0.2) is 4.68 Å². The zero-order valence-corrected chi connectivity index (χ0v) is 17.9. The first-order chi connectivity index (χ1) is 14.5. The summed E-state index contributed by atoms with van der Waals surface area (Å²) in [5.41, 5.74) is 3.69. The monoisotopic (exact) mass is 421 g/mol. The molecule has 154 valence electrons. The lowest BCUT2D eigenvalue weighted by molar-refractivity contribution is -0.119. The Morgan fingerprint density at radius 2 is 2.00 bits per heavy atom. The molecule has 4 aromatic rings. The number of likely N-dealkylation sites (N-methyl/N-ethyl adjacent to an activating group) is 1. The summed E-state index contributed by atoms with van der Waals surface area (Å²) in [6.45, 7) is 2.65. The number of anilines is 1. The summed E-state index contributed by atoms with van der Waals surface area (Å²) in [6.07, 6.45) is 0. The predicted octanol–water partition coefficient (Wildman–Crippen LogP) is 3.55. The first kappa shape index (κ1) is 19.9. The first-order valence-electron chi connectivity index (χ1n) is 9.57.